The van der Waals surface area contributed by atoms with Crippen LogP contribution in [-0.4, -0.2) is 46.4 Å². The minimum atomic E-state index is -0.964. The van der Waals surface area contributed by atoms with Gasteiger partial charge in [0.2, 0.25) is 0 Å². The zero-order chi connectivity index (χ0) is 27.6. The first-order chi connectivity index (χ1) is 17.8. The summed E-state index contributed by atoms with van der Waals surface area (Å²) in [5.74, 6) is -1.08. The largest absolute Gasteiger partial charge is 0.478 e. The lowest BCUT2D eigenvalue weighted by Gasteiger charge is -2.69. The Hall–Kier alpha value is -2.22. The van der Waals surface area contributed by atoms with Crippen molar-refractivity contribution in [1.82, 2.24) is 0 Å². The van der Waals surface area contributed by atoms with Gasteiger partial charge in [-0.15, -0.1) is 0 Å². The molecule has 4 aliphatic rings. The molecule has 38 heavy (non-hydrogen) atoms. The van der Waals surface area contributed by atoms with Gasteiger partial charge in [0.15, 0.2) is 0 Å². The number of hydrogen-bond acceptors (Lipinski definition) is 6. The van der Waals surface area contributed by atoms with Gasteiger partial charge in [-0.1, -0.05) is 51.1 Å². The Morgan fingerprint density at radius 2 is 1.74 bits per heavy atom. The van der Waals surface area contributed by atoms with Crippen LogP contribution in [0.5, 0.6) is 0 Å². The van der Waals surface area contributed by atoms with E-state index in [0.717, 1.165) is 30.4 Å². The van der Waals surface area contributed by atoms with Crippen LogP contribution in [0.3, 0.4) is 0 Å². The van der Waals surface area contributed by atoms with E-state index in [1.54, 1.807) is 0 Å². The van der Waals surface area contributed by atoms with Crippen LogP contribution in [-0.2, 0) is 20.7 Å². The maximum absolute atomic E-state index is 12.8. The lowest BCUT2D eigenvalue weighted by molar-refractivity contribution is -0.196. The standard InChI is InChI=1S/C31H44N2O5/c1-17(34)38-24-16-31(4)21(25(24)19(28(36)37)14-18-8-6-5-7-9-18)15-22(32)27-29(2)12-11-23(35)26(33)20(29)10-13-30(27,31)3/h5-9,20-24,26-27,35H,10-16,32-33H2,1-4H3,(H,36,37)/b25-19-/t20-,21-,22-,23+,24-,26-,27-,29-,30-,31-/m0/s1. The number of aliphatic hydroxyl groups is 1. The number of fused-ring (bicyclic) bond motifs is 5. The summed E-state index contributed by atoms with van der Waals surface area (Å²) in [5.41, 5.74) is 15.1. The first kappa shape index (κ1) is 27.4. The number of carbonyl (C=O) groups excluding carboxylic acids is 1. The van der Waals surface area contributed by atoms with Crippen LogP contribution in [0.4, 0.5) is 0 Å². The molecule has 0 spiro atoms. The van der Waals surface area contributed by atoms with E-state index >= 15 is 0 Å². The predicted octanol–water partition coefficient (Wildman–Crippen LogP) is 3.82. The molecule has 0 heterocycles. The topological polar surface area (TPSA) is 136 Å². The van der Waals surface area contributed by atoms with Gasteiger partial charge in [0.05, 0.1) is 6.10 Å². The third-order valence-corrected chi connectivity index (χ3v) is 11.6. The van der Waals surface area contributed by atoms with E-state index in [-0.39, 0.29) is 52.5 Å². The Labute approximate surface area is 226 Å². The van der Waals surface area contributed by atoms with Gasteiger partial charge in [0.1, 0.15) is 6.10 Å². The van der Waals surface area contributed by atoms with Gasteiger partial charge >= 0.3 is 11.9 Å². The summed E-state index contributed by atoms with van der Waals surface area (Å²) < 4.78 is 5.92. The van der Waals surface area contributed by atoms with E-state index < -0.39 is 24.1 Å². The van der Waals surface area contributed by atoms with Gasteiger partial charge in [0, 0.05) is 31.0 Å². The van der Waals surface area contributed by atoms with Crippen molar-refractivity contribution >= 4 is 11.9 Å². The molecule has 1 aromatic rings. The molecule has 10 atom stereocenters. The Bertz CT molecular complexity index is 1140. The number of benzene rings is 1. The summed E-state index contributed by atoms with van der Waals surface area (Å²) in [6.45, 7) is 8.34. The van der Waals surface area contributed by atoms with E-state index in [0.29, 0.717) is 24.8 Å². The molecule has 4 fully saturated rings. The first-order valence-corrected chi connectivity index (χ1v) is 14.2. The maximum Gasteiger partial charge on any atom is 0.332 e. The van der Waals surface area contributed by atoms with Crippen LogP contribution in [0.2, 0.25) is 0 Å². The molecule has 4 aliphatic carbocycles. The molecular formula is C31H44N2O5. The second-order valence-corrected chi connectivity index (χ2v) is 13.3. The normalized spacial score (nSPS) is 45.4. The zero-order valence-electron chi connectivity index (χ0n) is 23.2. The van der Waals surface area contributed by atoms with Gasteiger partial charge in [-0.2, -0.15) is 0 Å². The molecule has 0 bridgehead atoms. The van der Waals surface area contributed by atoms with Crippen LogP contribution in [0.15, 0.2) is 41.5 Å². The number of nitrogens with two attached hydrogens (primary N) is 2. The Kier molecular flexibility index (Phi) is 6.81. The fraction of sp³-hybridized carbons (Fsp3) is 0.677. The lowest BCUT2D eigenvalue weighted by Crippen LogP contribution is -2.69. The minimum absolute atomic E-state index is 0.0964. The number of carbonyl (C=O) groups is 2. The highest BCUT2D eigenvalue weighted by Gasteiger charge is 2.70. The number of esters is 1. The van der Waals surface area contributed by atoms with Crippen LogP contribution in [0.25, 0.3) is 0 Å². The van der Waals surface area contributed by atoms with Crippen molar-refractivity contribution in [3.8, 4) is 0 Å². The van der Waals surface area contributed by atoms with Crippen molar-refractivity contribution in [2.75, 3.05) is 0 Å². The Morgan fingerprint density at radius 3 is 2.37 bits per heavy atom. The van der Waals surface area contributed by atoms with Crippen LogP contribution in [0, 0.1) is 34.0 Å². The fourth-order valence-electron chi connectivity index (χ4n) is 9.84. The molecule has 7 heteroatoms. The molecule has 1 aromatic carbocycles. The van der Waals surface area contributed by atoms with E-state index in [1.807, 2.05) is 30.3 Å². The molecule has 0 unspecified atom stereocenters. The van der Waals surface area contributed by atoms with Crippen LogP contribution >= 0.6 is 0 Å². The molecule has 0 aromatic heterocycles. The van der Waals surface area contributed by atoms with Gasteiger partial charge in [-0.3, -0.25) is 4.79 Å². The van der Waals surface area contributed by atoms with E-state index in [1.165, 1.54) is 6.92 Å². The molecule has 5 rings (SSSR count). The van der Waals surface area contributed by atoms with Crippen molar-refractivity contribution in [3.05, 3.63) is 47.0 Å². The van der Waals surface area contributed by atoms with Crippen molar-refractivity contribution in [3.63, 3.8) is 0 Å². The highest BCUT2D eigenvalue weighted by Crippen LogP contribution is 2.73. The summed E-state index contributed by atoms with van der Waals surface area (Å²) in [4.78, 5) is 25.1. The van der Waals surface area contributed by atoms with Gasteiger partial charge < -0.3 is 26.4 Å². The highest BCUT2D eigenvalue weighted by atomic mass is 16.5. The Morgan fingerprint density at radius 1 is 1.05 bits per heavy atom. The van der Waals surface area contributed by atoms with E-state index in [2.05, 4.69) is 20.8 Å². The smallest absolute Gasteiger partial charge is 0.332 e. The minimum Gasteiger partial charge on any atom is -0.478 e. The highest BCUT2D eigenvalue weighted by molar-refractivity contribution is 5.89. The molecule has 4 saturated carbocycles. The summed E-state index contributed by atoms with van der Waals surface area (Å²) in [6.07, 6.45) is 3.82. The second-order valence-electron chi connectivity index (χ2n) is 13.3. The maximum atomic E-state index is 12.8. The number of aliphatic carboxylic acids is 1. The second kappa shape index (κ2) is 9.46. The molecule has 6 N–H and O–H groups in total. The van der Waals surface area contributed by atoms with Gasteiger partial charge in [-0.05, 0) is 83.7 Å². The zero-order valence-corrected chi connectivity index (χ0v) is 23.2. The fourth-order valence-corrected chi connectivity index (χ4v) is 9.84. The monoisotopic (exact) mass is 524 g/mol. The lowest BCUT2D eigenvalue weighted by atomic mass is 9.36. The van der Waals surface area contributed by atoms with Crippen LogP contribution < -0.4 is 11.5 Å². The molecule has 7 nitrogen and oxygen atoms in total. The molecule has 0 saturated heterocycles. The average molecular weight is 525 g/mol. The number of ether oxygens (including phenoxy) is 1. The van der Waals surface area contributed by atoms with Crippen molar-refractivity contribution in [2.24, 2.45) is 45.5 Å². The SMILES string of the molecule is CC(=O)O[C@H]1C[C@@]2(C)[C@@H](C[C@H](N)[C@H]3[C@@]4(C)CC[C@@H](O)[C@@H](N)[C@@H]4CC[C@@]32C)/C1=C(\Cc1ccccc1)C(=O)O. The van der Waals surface area contributed by atoms with Gasteiger partial charge in [0.25, 0.3) is 0 Å². The molecule has 208 valence electrons. The predicted molar refractivity (Wildman–Crippen MR) is 145 cm³/mol. The first-order valence-electron chi connectivity index (χ1n) is 14.2. The summed E-state index contributed by atoms with van der Waals surface area (Å²) in [6, 6.07) is 9.21. The summed E-state index contributed by atoms with van der Waals surface area (Å²) in [5, 5.41) is 21.0. The number of aliphatic hydroxyl groups excluding tert-OH is 1. The number of hydrogen-bond donors (Lipinski definition) is 4. The quantitative estimate of drug-likeness (QED) is 0.347. The summed E-state index contributed by atoms with van der Waals surface area (Å²) in [7, 11) is 0. The van der Waals surface area contributed by atoms with E-state index in [9.17, 15) is 19.8 Å². The molecule has 0 aliphatic heterocycles. The molecule has 0 amide bonds. The third kappa shape index (κ3) is 3.96. The number of rotatable bonds is 4. The average Bonchev–Trinajstić information content (AvgIpc) is 3.12. The van der Waals surface area contributed by atoms with Crippen molar-refractivity contribution in [2.45, 2.75) is 96.9 Å². The van der Waals surface area contributed by atoms with Crippen LogP contribution in [0.1, 0.15) is 71.8 Å². The number of carboxylic acid groups (broad SMARTS) is 1. The Balaban J connectivity index is 1.63. The van der Waals surface area contributed by atoms with E-state index in [4.69, 9.17) is 16.2 Å². The van der Waals surface area contributed by atoms with Gasteiger partial charge in [-0.25, -0.2) is 4.79 Å². The third-order valence-electron chi connectivity index (χ3n) is 11.6. The van der Waals surface area contributed by atoms with Crippen molar-refractivity contribution in [1.29, 1.82) is 0 Å². The van der Waals surface area contributed by atoms with Crippen molar-refractivity contribution < 1.29 is 24.5 Å². The number of carboxylic acids is 1. The summed E-state index contributed by atoms with van der Waals surface area (Å²) >= 11 is 0. The molecular weight excluding hydrogens is 480 g/mol. The molecule has 0 radical (unpaired) electrons.